The van der Waals surface area contributed by atoms with Crippen LogP contribution in [-0.4, -0.2) is 4.98 Å². The highest BCUT2D eigenvalue weighted by Gasteiger charge is 2.04. The summed E-state index contributed by atoms with van der Waals surface area (Å²) >= 11 is 1.87. The average Bonchev–Trinajstić information content (AvgIpc) is 2.45. The Kier molecular flexibility index (Phi) is 3.51. The van der Waals surface area contributed by atoms with E-state index in [1.54, 1.807) is 0 Å². The van der Waals surface area contributed by atoms with Crippen molar-refractivity contribution in [2.75, 3.05) is 0 Å². The first kappa shape index (κ1) is 12.2. The Bertz CT molecular complexity index is 692. The van der Waals surface area contributed by atoms with Crippen molar-refractivity contribution < 1.29 is 0 Å². The standard InChI is InChI=1S/C17H15NS/c1-13-11-14(12-19-15-7-3-2-4-8-15)16-9-5-6-10-17(16)18-13/h2-11H,12H2,1H3. The van der Waals surface area contributed by atoms with Gasteiger partial charge in [-0.3, -0.25) is 4.98 Å². The molecule has 1 nitrogen and oxygen atoms in total. The minimum atomic E-state index is 0.980. The molecule has 94 valence electrons. The van der Waals surface area contributed by atoms with E-state index in [9.17, 15) is 0 Å². The molecule has 2 aromatic carbocycles. The number of para-hydroxylation sites is 1. The third kappa shape index (κ3) is 2.79. The zero-order chi connectivity index (χ0) is 13.1. The maximum absolute atomic E-state index is 4.58. The Morgan fingerprint density at radius 1 is 0.947 bits per heavy atom. The van der Waals surface area contributed by atoms with Crippen LogP contribution in [0, 0.1) is 6.92 Å². The van der Waals surface area contributed by atoms with Crippen molar-refractivity contribution in [2.24, 2.45) is 0 Å². The molecule has 0 aliphatic heterocycles. The molecule has 0 saturated heterocycles. The minimum absolute atomic E-state index is 0.980. The predicted molar refractivity (Wildman–Crippen MR) is 82.5 cm³/mol. The number of hydrogen-bond donors (Lipinski definition) is 0. The van der Waals surface area contributed by atoms with Crippen molar-refractivity contribution in [1.29, 1.82) is 0 Å². The summed E-state index contributed by atoms with van der Waals surface area (Å²) in [6.07, 6.45) is 0. The molecule has 0 amide bonds. The van der Waals surface area contributed by atoms with E-state index < -0.39 is 0 Å². The van der Waals surface area contributed by atoms with E-state index in [2.05, 4.69) is 66.5 Å². The molecule has 0 atom stereocenters. The second kappa shape index (κ2) is 5.45. The van der Waals surface area contributed by atoms with Gasteiger partial charge in [-0.2, -0.15) is 0 Å². The molecular weight excluding hydrogens is 250 g/mol. The lowest BCUT2D eigenvalue weighted by atomic mass is 10.1. The van der Waals surface area contributed by atoms with E-state index in [0.717, 1.165) is 17.0 Å². The predicted octanol–water partition coefficient (Wildman–Crippen LogP) is 4.84. The first-order chi connectivity index (χ1) is 9.33. The van der Waals surface area contributed by atoms with Gasteiger partial charge in [0.05, 0.1) is 5.52 Å². The summed E-state index contributed by atoms with van der Waals surface area (Å²) in [5, 5.41) is 1.26. The number of rotatable bonds is 3. The van der Waals surface area contributed by atoms with Gasteiger partial charge in [-0.15, -0.1) is 11.8 Å². The average molecular weight is 265 g/mol. The molecule has 0 bridgehead atoms. The molecule has 1 heterocycles. The summed E-state index contributed by atoms with van der Waals surface area (Å²) in [5.41, 5.74) is 3.53. The van der Waals surface area contributed by atoms with E-state index >= 15 is 0 Å². The molecule has 2 heteroatoms. The zero-order valence-corrected chi connectivity index (χ0v) is 11.7. The number of pyridine rings is 1. The summed E-state index contributed by atoms with van der Waals surface area (Å²) in [7, 11) is 0. The fourth-order valence-electron chi connectivity index (χ4n) is 2.19. The third-order valence-corrected chi connectivity index (χ3v) is 4.13. The van der Waals surface area contributed by atoms with Gasteiger partial charge >= 0.3 is 0 Å². The topological polar surface area (TPSA) is 12.9 Å². The molecule has 0 radical (unpaired) electrons. The fourth-order valence-corrected chi connectivity index (χ4v) is 3.10. The Hall–Kier alpha value is -1.80. The zero-order valence-electron chi connectivity index (χ0n) is 10.8. The fraction of sp³-hybridized carbons (Fsp3) is 0.118. The van der Waals surface area contributed by atoms with E-state index in [1.165, 1.54) is 15.8 Å². The summed E-state index contributed by atoms with van der Waals surface area (Å²) in [4.78, 5) is 5.89. The van der Waals surface area contributed by atoms with Crippen LogP contribution in [0.5, 0.6) is 0 Å². The molecule has 1 aromatic heterocycles. The van der Waals surface area contributed by atoms with E-state index in [1.807, 2.05) is 17.8 Å². The van der Waals surface area contributed by atoms with Crippen molar-refractivity contribution in [3.63, 3.8) is 0 Å². The summed E-state index contributed by atoms with van der Waals surface area (Å²) < 4.78 is 0. The van der Waals surface area contributed by atoms with Crippen LogP contribution in [0.1, 0.15) is 11.3 Å². The second-order valence-corrected chi connectivity index (χ2v) is 5.59. The first-order valence-electron chi connectivity index (χ1n) is 6.36. The molecule has 0 unspecified atom stereocenters. The van der Waals surface area contributed by atoms with Gasteiger partial charge in [0.25, 0.3) is 0 Å². The molecular formula is C17H15NS. The quantitative estimate of drug-likeness (QED) is 0.629. The van der Waals surface area contributed by atoms with Crippen molar-refractivity contribution >= 4 is 22.7 Å². The Balaban J connectivity index is 1.92. The van der Waals surface area contributed by atoms with E-state index in [-0.39, 0.29) is 0 Å². The van der Waals surface area contributed by atoms with Gasteiger partial charge < -0.3 is 0 Å². The van der Waals surface area contributed by atoms with Gasteiger partial charge in [-0.05, 0) is 36.8 Å². The Labute approximate surface area is 117 Å². The molecule has 19 heavy (non-hydrogen) atoms. The molecule has 0 aliphatic carbocycles. The van der Waals surface area contributed by atoms with Gasteiger partial charge in [0.2, 0.25) is 0 Å². The van der Waals surface area contributed by atoms with Gasteiger partial charge in [-0.25, -0.2) is 0 Å². The van der Waals surface area contributed by atoms with Crippen molar-refractivity contribution in [3.05, 3.63) is 71.9 Å². The van der Waals surface area contributed by atoms with Crippen LogP contribution in [-0.2, 0) is 5.75 Å². The van der Waals surface area contributed by atoms with Crippen molar-refractivity contribution in [1.82, 2.24) is 4.98 Å². The summed E-state index contributed by atoms with van der Waals surface area (Å²) in [5.74, 6) is 0.980. The van der Waals surface area contributed by atoms with E-state index in [4.69, 9.17) is 0 Å². The van der Waals surface area contributed by atoms with Crippen molar-refractivity contribution in [2.45, 2.75) is 17.6 Å². The van der Waals surface area contributed by atoms with Crippen LogP contribution in [0.3, 0.4) is 0 Å². The molecule has 3 aromatic rings. The maximum atomic E-state index is 4.58. The molecule has 0 aliphatic rings. The van der Waals surface area contributed by atoms with Crippen LogP contribution in [0.2, 0.25) is 0 Å². The highest BCUT2D eigenvalue weighted by molar-refractivity contribution is 7.98. The molecule has 0 N–H and O–H groups in total. The van der Waals surface area contributed by atoms with Crippen molar-refractivity contribution in [3.8, 4) is 0 Å². The van der Waals surface area contributed by atoms with Crippen LogP contribution in [0.25, 0.3) is 10.9 Å². The highest BCUT2D eigenvalue weighted by atomic mass is 32.2. The Morgan fingerprint density at radius 3 is 2.53 bits per heavy atom. The van der Waals surface area contributed by atoms with Gasteiger partial charge in [-0.1, -0.05) is 36.4 Å². The maximum Gasteiger partial charge on any atom is 0.0708 e. The number of aryl methyl sites for hydroxylation is 1. The molecule has 0 fully saturated rings. The normalized spacial score (nSPS) is 10.8. The van der Waals surface area contributed by atoms with Crippen LogP contribution in [0.15, 0.2) is 65.6 Å². The number of hydrogen-bond acceptors (Lipinski definition) is 2. The second-order valence-electron chi connectivity index (χ2n) is 4.54. The van der Waals surface area contributed by atoms with Gasteiger partial charge in [0.1, 0.15) is 0 Å². The lowest BCUT2D eigenvalue weighted by molar-refractivity contribution is 1.23. The number of nitrogens with zero attached hydrogens (tertiary/aromatic N) is 1. The molecule has 3 rings (SSSR count). The third-order valence-electron chi connectivity index (χ3n) is 3.07. The highest BCUT2D eigenvalue weighted by Crippen LogP contribution is 2.27. The SMILES string of the molecule is Cc1cc(CSc2ccccc2)c2ccccc2n1. The smallest absolute Gasteiger partial charge is 0.0708 e. The van der Waals surface area contributed by atoms with E-state index in [0.29, 0.717) is 0 Å². The van der Waals surface area contributed by atoms with Crippen LogP contribution in [0.4, 0.5) is 0 Å². The largest absolute Gasteiger partial charge is 0.253 e. The van der Waals surface area contributed by atoms with Crippen LogP contribution < -0.4 is 0 Å². The number of thioether (sulfide) groups is 1. The lowest BCUT2D eigenvalue weighted by Crippen LogP contribution is -1.90. The van der Waals surface area contributed by atoms with Gasteiger partial charge in [0.15, 0.2) is 0 Å². The number of aromatic nitrogens is 1. The Morgan fingerprint density at radius 2 is 1.68 bits per heavy atom. The summed E-state index contributed by atoms with van der Waals surface area (Å²) in [6.45, 7) is 2.06. The minimum Gasteiger partial charge on any atom is -0.253 e. The van der Waals surface area contributed by atoms with Crippen LogP contribution >= 0.6 is 11.8 Å². The molecule has 0 saturated carbocycles. The number of fused-ring (bicyclic) bond motifs is 1. The first-order valence-corrected chi connectivity index (χ1v) is 7.34. The summed E-state index contributed by atoms with van der Waals surface area (Å²) in [6, 6.07) is 21.1. The molecule has 0 spiro atoms. The van der Waals surface area contributed by atoms with Gasteiger partial charge in [0, 0.05) is 21.7 Å². The number of benzene rings is 2. The lowest BCUT2D eigenvalue weighted by Gasteiger charge is -2.07. The monoisotopic (exact) mass is 265 g/mol.